The molecule has 0 atom stereocenters. The Balaban J connectivity index is 2.02. The van der Waals surface area contributed by atoms with Gasteiger partial charge in [0.1, 0.15) is 6.07 Å². The maximum atomic E-state index is 9.06. The van der Waals surface area contributed by atoms with Crippen molar-refractivity contribution in [3.63, 3.8) is 0 Å². The van der Waals surface area contributed by atoms with Crippen LogP contribution in [0.5, 0.6) is 0 Å². The fourth-order valence-electron chi connectivity index (χ4n) is 1.68. The van der Waals surface area contributed by atoms with Crippen molar-refractivity contribution in [3.05, 3.63) is 36.0 Å². The number of nitriles is 1. The molecule has 2 aromatic rings. The van der Waals surface area contributed by atoms with E-state index >= 15 is 0 Å². The summed E-state index contributed by atoms with van der Waals surface area (Å²) < 4.78 is 4.97. The third kappa shape index (κ3) is 4.40. The van der Waals surface area contributed by atoms with Crippen LogP contribution >= 0.6 is 0 Å². The molecule has 0 saturated heterocycles. The minimum absolute atomic E-state index is 0.436. The molecule has 0 radical (unpaired) electrons. The van der Waals surface area contributed by atoms with Gasteiger partial charge in [0.2, 0.25) is 5.95 Å². The second-order valence-corrected chi connectivity index (χ2v) is 4.22. The first-order valence-corrected chi connectivity index (χ1v) is 6.52. The molecule has 2 N–H and O–H groups in total. The molecule has 7 heteroatoms. The lowest BCUT2D eigenvalue weighted by atomic mass is 10.2. The summed E-state index contributed by atoms with van der Waals surface area (Å²) in [6.45, 7) is 1.38. The van der Waals surface area contributed by atoms with Crippen LogP contribution in [-0.4, -0.2) is 35.4 Å². The average Bonchev–Trinajstić information content (AvgIpc) is 2.52. The molecule has 2 rings (SSSR count). The van der Waals surface area contributed by atoms with Crippen molar-refractivity contribution in [3.8, 4) is 6.07 Å². The lowest BCUT2D eigenvalue weighted by molar-refractivity contribution is 0.197. The summed E-state index contributed by atoms with van der Waals surface area (Å²) in [4.78, 5) is 4.30. The van der Waals surface area contributed by atoms with Crippen LogP contribution in [0.25, 0.3) is 0 Å². The van der Waals surface area contributed by atoms with Crippen molar-refractivity contribution in [2.24, 2.45) is 0 Å². The molecule has 21 heavy (non-hydrogen) atoms. The zero-order chi connectivity index (χ0) is 14.9. The minimum Gasteiger partial charge on any atom is -0.385 e. The second kappa shape index (κ2) is 7.77. The number of nitrogens with one attached hydrogen (secondary N) is 2. The molecule has 0 aliphatic carbocycles. The lowest BCUT2D eigenvalue weighted by Crippen LogP contribution is -2.09. The molecule has 0 spiro atoms. The predicted molar refractivity (Wildman–Crippen MR) is 79.2 cm³/mol. The van der Waals surface area contributed by atoms with E-state index in [0.29, 0.717) is 36.2 Å². The molecule has 1 aromatic carbocycles. The maximum absolute atomic E-state index is 9.06. The van der Waals surface area contributed by atoms with E-state index in [-0.39, 0.29) is 0 Å². The van der Waals surface area contributed by atoms with Crippen LogP contribution in [0, 0.1) is 11.3 Å². The Morgan fingerprint density at radius 1 is 1.33 bits per heavy atom. The number of rotatable bonds is 7. The van der Waals surface area contributed by atoms with Gasteiger partial charge in [-0.15, -0.1) is 5.10 Å². The quantitative estimate of drug-likeness (QED) is 0.750. The summed E-state index contributed by atoms with van der Waals surface area (Å²) in [6, 6.07) is 9.33. The van der Waals surface area contributed by atoms with E-state index in [9.17, 15) is 0 Å². The SMILES string of the molecule is COCCCNc1nncc(Nc2ccccc2C#N)n1. The number of aromatic nitrogens is 3. The van der Waals surface area contributed by atoms with Crippen LogP contribution in [0.3, 0.4) is 0 Å². The summed E-state index contributed by atoms with van der Waals surface area (Å²) in [5.74, 6) is 0.965. The molecule has 0 unspecified atom stereocenters. The molecule has 0 fully saturated rings. The average molecular weight is 284 g/mol. The molecule has 108 valence electrons. The van der Waals surface area contributed by atoms with Gasteiger partial charge in [0.15, 0.2) is 5.82 Å². The topological polar surface area (TPSA) is 95.8 Å². The van der Waals surface area contributed by atoms with Gasteiger partial charge in [-0.25, -0.2) is 0 Å². The zero-order valence-corrected chi connectivity index (χ0v) is 11.7. The van der Waals surface area contributed by atoms with Crippen molar-refractivity contribution in [2.45, 2.75) is 6.42 Å². The fourth-order valence-corrected chi connectivity index (χ4v) is 1.68. The third-order valence-electron chi connectivity index (χ3n) is 2.68. The summed E-state index contributed by atoms with van der Waals surface area (Å²) in [7, 11) is 1.66. The Labute approximate surface area is 123 Å². The zero-order valence-electron chi connectivity index (χ0n) is 11.7. The first-order chi connectivity index (χ1) is 10.3. The first-order valence-electron chi connectivity index (χ1n) is 6.52. The van der Waals surface area contributed by atoms with Crippen molar-refractivity contribution in [1.29, 1.82) is 5.26 Å². The van der Waals surface area contributed by atoms with Crippen LogP contribution in [-0.2, 0) is 4.74 Å². The van der Waals surface area contributed by atoms with E-state index in [2.05, 4.69) is 31.9 Å². The van der Waals surface area contributed by atoms with Crippen LogP contribution in [0.4, 0.5) is 17.5 Å². The van der Waals surface area contributed by atoms with Crippen LogP contribution in [0.2, 0.25) is 0 Å². The lowest BCUT2D eigenvalue weighted by Gasteiger charge is -2.08. The number of hydrogen-bond donors (Lipinski definition) is 2. The van der Waals surface area contributed by atoms with Crippen molar-refractivity contribution in [1.82, 2.24) is 15.2 Å². The van der Waals surface area contributed by atoms with Gasteiger partial charge >= 0.3 is 0 Å². The second-order valence-electron chi connectivity index (χ2n) is 4.22. The normalized spacial score (nSPS) is 9.90. The van der Waals surface area contributed by atoms with Crippen molar-refractivity contribution < 1.29 is 4.74 Å². The largest absolute Gasteiger partial charge is 0.385 e. The molecular formula is C14H16N6O. The van der Waals surface area contributed by atoms with Crippen molar-refractivity contribution >= 4 is 17.5 Å². The molecule has 0 amide bonds. The Hall–Kier alpha value is -2.72. The third-order valence-corrected chi connectivity index (χ3v) is 2.68. The number of para-hydroxylation sites is 1. The Morgan fingerprint density at radius 3 is 3.00 bits per heavy atom. The molecule has 7 nitrogen and oxygen atoms in total. The Bertz CT molecular complexity index is 625. The first kappa shape index (κ1) is 14.7. The number of ether oxygens (including phenoxy) is 1. The summed E-state index contributed by atoms with van der Waals surface area (Å²) in [5.41, 5.74) is 1.23. The highest BCUT2D eigenvalue weighted by Gasteiger charge is 2.04. The van der Waals surface area contributed by atoms with Gasteiger partial charge in [-0.05, 0) is 18.6 Å². The number of anilines is 3. The van der Waals surface area contributed by atoms with Gasteiger partial charge in [0.25, 0.3) is 0 Å². The minimum atomic E-state index is 0.436. The predicted octanol–water partition coefficient (Wildman–Crippen LogP) is 1.94. The van der Waals surface area contributed by atoms with Gasteiger partial charge in [0, 0.05) is 20.3 Å². The summed E-state index contributed by atoms with van der Waals surface area (Å²) in [5, 5.41) is 23.0. The summed E-state index contributed by atoms with van der Waals surface area (Å²) in [6.07, 6.45) is 2.36. The molecule has 0 aliphatic heterocycles. The Morgan fingerprint density at radius 2 is 2.19 bits per heavy atom. The fraction of sp³-hybridized carbons (Fsp3) is 0.286. The highest BCUT2D eigenvalue weighted by molar-refractivity contribution is 5.64. The van der Waals surface area contributed by atoms with E-state index in [1.807, 2.05) is 18.2 Å². The molecule has 1 aromatic heterocycles. The van der Waals surface area contributed by atoms with E-state index in [1.54, 1.807) is 13.2 Å². The number of benzene rings is 1. The molecule has 0 aliphatic rings. The monoisotopic (exact) mass is 284 g/mol. The van der Waals surface area contributed by atoms with Gasteiger partial charge < -0.3 is 15.4 Å². The van der Waals surface area contributed by atoms with Gasteiger partial charge in [0.05, 0.1) is 17.4 Å². The van der Waals surface area contributed by atoms with E-state index in [4.69, 9.17) is 10.00 Å². The smallest absolute Gasteiger partial charge is 0.244 e. The van der Waals surface area contributed by atoms with Crippen LogP contribution in [0.1, 0.15) is 12.0 Å². The standard InChI is InChI=1S/C14H16N6O/c1-21-8-4-7-16-14-19-13(10-17-20-14)18-12-6-3-2-5-11(12)9-15/h2-3,5-6,10H,4,7-8H2,1H3,(H2,16,18,19,20). The van der Waals surface area contributed by atoms with Gasteiger partial charge in [-0.2, -0.15) is 15.3 Å². The number of hydrogen-bond acceptors (Lipinski definition) is 7. The van der Waals surface area contributed by atoms with Crippen LogP contribution in [0.15, 0.2) is 30.5 Å². The van der Waals surface area contributed by atoms with E-state index < -0.39 is 0 Å². The highest BCUT2D eigenvalue weighted by atomic mass is 16.5. The molecule has 0 saturated carbocycles. The number of nitrogens with zero attached hydrogens (tertiary/aromatic N) is 4. The molecular weight excluding hydrogens is 268 g/mol. The van der Waals surface area contributed by atoms with Gasteiger partial charge in [-0.3, -0.25) is 0 Å². The maximum Gasteiger partial charge on any atom is 0.244 e. The van der Waals surface area contributed by atoms with E-state index in [1.165, 1.54) is 6.20 Å². The van der Waals surface area contributed by atoms with E-state index in [0.717, 1.165) is 6.42 Å². The molecule has 0 bridgehead atoms. The van der Waals surface area contributed by atoms with Crippen LogP contribution < -0.4 is 10.6 Å². The summed E-state index contributed by atoms with van der Waals surface area (Å²) >= 11 is 0. The van der Waals surface area contributed by atoms with Crippen molar-refractivity contribution in [2.75, 3.05) is 30.9 Å². The highest BCUT2D eigenvalue weighted by Crippen LogP contribution is 2.18. The Kier molecular flexibility index (Phi) is 5.43. The number of methoxy groups -OCH3 is 1. The molecule has 1 heterocycles. The van der Waals surface area contributed by atoms with Gasteiger partial charge in [-0.1, -0.05) is 12.1 Å².